The van der Waals surface area contributed by atoms with Crippen LogP contribution in [0.2, 0.25) is 5.02 Å². The van der Waals surface area contributed by atoms with Crippen LogP contribution in [0.4, 0.5) is 11.5 Å². The van der Waals surface area contributed by atoms with E-state index in [1.165, 1.54) is 12.3 Å². The number of rotatable bonds is 2. The average Bonchev–Trinajstić information content (AvgIpc) is 2.29. The first-order valence-electron chi connectivity index (χ1n) is 5.66. The third-order valence-electron chi connectivity index (χ3n) is 3.16. The molecule has 6 nitrogen and oxygen atoms in total. The van der Waals surface area contributed by atoms with Crippen molar-refractivity contribution in [3.63, 3.8) is 0 Å². The molecule has 7 heteroatoms. The summed E-state index contributed by atoms with van der Waals surface area (Å²) in [5.41, 5.74) is -0.767. The summed E-state index contributed by atoms with van der Waals surface area (Å²) in [6.45, 7) is 3.07. The fourth-order valence-electron chi connectivity index (χ4n) is 1.95. The number of anilines is 1. The van der Waals surface area contributed by atoms with Gasteiger partial charge in [-0.25, -0.2) is 4.98 Å². The van der Waals surface area contributed by atoms with E-state index in [4.69, 9.17) is 11.6 Å². The van der Waals surface area contributed by atoms with Gasteiger partial charge < -0.3 is 10.0 Å². The standard InChI is InChI=1S/C11H14ClN3O3/c1-11(16)2-4-14(5-3-11)10-9(12)6-8(7-13-10)15(17)18/h6-7,16H,2-5H2,1H3. The first-order chi connectivity index (χ1) is 8.39. The summed E-state index contributed by atoms with van der Waals surface area (Å²) in [6, 6.07) is 1.30. The van der Waals surface area contributed by atoms with Crippen molar-refractivity contribution in [1.82, 2.24) is 4.98 Å². The van der Waals surface area contributed by atoms with E-state index < -0.39 is 10.5 Å². The lowest BCUT2D eigenvalue weighted by Gasteiger charge is -2.36. The average molecular weight is 272 g/mol. The van der Waals surface area contributed by atoms with Crippen LogP contribution in [0.1, 0.15) is 19.8 Å². The Labute approximate surface area is 109 Å². The molecule has 1 aliphatic rings. The number of aliphatic hydroxyl groups is 1. The zero-order valence-corrected chi connectivity index (χ0v) is 10.7. The highest BCUT2D eigenvalue weighted by atomic mass is 35.5. The Kier molecular flexibility index (Phi) is 3.41. The van der Waals surface area contributed by atoms with E-state index >= 15 is 0 Å². The van der Waals surface area contributed by atoms with Crippen molar-refractivity contribution in [2.45, 2.75) is 25.4 Å². The van der Waals surface area contributed by atoms with Crippen molar-refractivity contribution in [3.8, 4) is 0 Å². The van der Waals surface area contributed by atoms with E-state index in [-0.39, 0.29) is 10.7 Å². The number of nitrogens with zero attached hydrogens (tertiary/aromatic N) is 3. The van der Waals surface area contributed by atoms with Gasteiger partial charge in [-0.3, -0.25) is 10.1 Å². The maximum Gasteiger partial charge on any atom is 0.289 e. The summed E-state index contributed by atoms with van der Waals surface area (Å²) >= 11 is 6.01. The quantitative estimate of drug-likeness (QED) is 0.657. The highest BCUT2D eigenvalue weighted by Crippen LogP contribution is 2.31. The number of hydrogen-bond acceptors (Lipinski definition) is 5. The topological polar surface area (TPSA) is 79.5 Å². The Morgan fingerprint density at radius 2 is 2.17 bits per heavy atom. The summed E-state index contributed by atoms with van der Waals surface area (Å²) in [5.74, 6) is 0.540. The van der Waals surface area contributed by atoms with E-state index in [2.05, 4.69) is 4.98 Å². The third kappa shape index (κ3) is 2.70. The molecule has 1 aromatic heterocycles. The summed E-state index contributed by atoms with van der Waals surface area (Å²) < 4.78 is 0. The molecular weight excluding hydrogens is 258 g/mol. The summed E-state index contributed by atoms with van der Waals surface area (Å²) in [5, 5.41) is 20.7. The molecule has 0 radical (unpaired) electrons. The Hall–Kier alpha value is -1.40. The zero-order chi connectivity index (χ0) is 13.3. The monoisotopic (exact) mass is 271 g/mol. The van der Waals surface area contributed by atoms with Gasteiger partial charge in [0, 0.05) is 19.2 Å². The number of aromatic nitrogens is 1. The second-order valence-electron chi connectivity index (χ2n) is 4.74. The molecule has 1 aromatic rings. The molecule has 2 rings (SSSR count). The lowest BCUT2D eigenvalue weighted by Crippen LogP contribution is -2.42. The van der Waals surface area contributed by atoms with Crippen molar-refractivity contribution in [2.24, 2.45) is 0 Å². The van der Waals surface area contributed by atoms with Crippen LogP contribution in [0.15, 0.2) is 12.3 Å². The predicted molar refractivity (Wildman–Crippen MR) is 68.0 cm³/mol. The summed E-state index contributed by atoms with van der Waals surface area (Å²) in [4.78, 5) is 16.0. The number of nitro groups is 1. The molecule has 0 spiro atoms. The van der Waals surface area contributed by atoms with Gasteiger partial charge in [-0.2, -0.15) is 0 Å². The second kappa shape index (κ2) is 4.70. The molecule has 0 amide bonds. The van der Waals surface area contributed by atoms with Gasteiger partial charge in [0.25, 0.3) is 5.69 Å². The zero-order valence-electron chi connectivity index (χ0n) is 9.97. The molecule has 18 heavy (non-hydrogen) atoms. The molecule has 1 N–H and O–H groups in total. The Morgan fingerprint density at radius 1 is 1.56 bits per heavy atom. The van der Waals surface area contributed by atoms with E-state index in [0.717, 1.165) is 0 Å². The van der Waals surface area contributed by atoms with E-state index in [0.29, 0.717) is 31.7 Å². The van der Waals surface area contributed by atoms with Gasteiger partial charge in [0.05, 0.1) is 15.5 Å². The second-order valence-corrected chi connectivity index (χ2v) is 5.15. The van der Waals surface area contributed by atoms with Gasteiger partial charge in [0.2, 0.25) is 0 Å². The van der Waals surface area contributed by atoms with Crippen molar-refractivity contribution in [2.75, 3.05) is 18.0 Å². The largest absolute Gasteiger partial charge is 0.390 e. The van der Waals surface area contributed by atoms with Crippen LogP contribution in [0.3, 0.4) is 0 Å². The lowest BCUT2D eigenvalue weighted by atomic mass is 9.94. The Balaban J connectivity index is 2.17. The van der Waals surface area contributed by atoms with Crippen LogP contribution >= 0.6 is 11.6 Å². The first kappa shape index (κ1) is 13.0. The number of halogens is 1. The molecule has 0 saturated carbocycles. The molecule has 0 atom stereocenters. The molecular formula is C11H14ClN3O3. The molecule has 1 aliphatic heterocycles. The van der Waals surface area contributed by atoms with Crippen LogP contribution in [0.5, 0.6) is 0 Å². The molecule has 0 bridgehead atoms. The minimum absolute atomic E-state index is 0.118. The van der Waals surface area contributed by atoms with Crippen LogP contribution in [0.25, 0.3) is 0 Å². The summed E-state index contributed by atoms with van der Waals surface area (Å²) in [7, 11) is 0. The normalized spacial score (nSPS) is 18.7. The number of hydrogen-bond donors (Lipinski definition) is 1. The van der Waals surface area contributed by atoms with E-state index in [1.54, 1.807) is 6.92 Å². The fraction of sp³-hybridized carbons (Fsp3) is 0.545. The van der Waals surface area contributed by atoms with Crippen molar-refractivity contribution in [1.29, 1.82) is 0 Å². The maximum atomic E-state index is 10.6. The Bertz CT molecular complexity index is 469. The van der Waals surface area contributed by atoms with Crippen LogP contribution in [-0.2, 0) is 0 Å². The molecule has 1 saturated heterocycles. The molecule has 2 heterocycles. The van der Waals surface area contributed by atoms with Crippen LogP contribution in [-0.4, -0.2) is 33.7 Å². The highest BCUT2D eigenvalue weighted by molar-refractivity contribution is 6.33. The molecule has 0 aromatic carbocycles. The van der Waals surface area contributed by atoms with Gasteiger partial charge in [-0.05, 0) is 19.8 Å². The maximum absolute atomic E-state index is 10.6. The van der Waals surface area contributed by atoms with Crippen LogP contribution in [0, 0.1) is 10.1 Å². The van der Waals surface area contributed by atoms with Gasteiger partial charge in [-0.1, -0.05) is 11.6 Å². The van der Waals surface area contributed by atoms with Gasteiger partial charge in [0.1, 0.15) is 12.0 Å². The van der Waals surface area contributed by atoms with Crippen molar-refractivity contribution in [3.05, 3.63) is 27.4 Å². The highest BCUT2D eigenvalue weighted by Gasteiger charge is 2.29. The smallest absolute Gasteiger partial charge is 0.289 e. The van der Waals surface area contributed by atoms with Gasteiger partial charge in [0.15, 0.2) is 0 Å². The summed E-state index contributed by atoms with van der Waals surface area (Å²) in [6.07, 6.45) is 2.46. The Morgan fingerprint density at radius 3 is 2.67 bits per heavy atom. The molecule has 98 valence electrons. The third-order valence-corrected chi connectivity index (χ3v) is 3.44. The first-order valence-corrected chi connectivity index (χ1v) is 6.04. The molecule has 1 fully saturated rings. The van der Waals surface area contributed by atoms with E-state index in [9.17, 15) is 15.2 Å². The van der Waals surface area contributed by atoms with Gasteiger partial charge in [-0.15, -0.1) is 0 Å². The van der Waals surface area contributed by atoms with Gasteiger partial charge >= 0.3 is 0 Å². The molecule has 0 unspecified atom stereocenters. The lowest BCUT2D eigenvalue weighted by molar-refractivity contribution is -0.385. The fourth-order valence-corrected chi connectivity index (χ4v) is 2.23. The minimum Gasteiger partial charge on any atom is -0.390 e. The van der Waals surface area contributed by atoms with E-state index in [1.807, 2.05) is 4.90 Å². The SMILES string of the molecule is CC1(O)CCN(c2ncc([N+](=O)[O-])cc2Cl)CC1. The number of piperidine rings is 1. The van der Waals surface area contributed by atoms with Crippen molar-refractivity contribution < 1.29 is 10.0 Å². The minimum atomic E-state index is -0.649. The molecule has 0 aliphatic carbocycles. The van der Waals surface area contributed by atoms with Crippen LogP contribution < -0.4 is 4.90 Å². The number of pyridine rings is 1. The predicted octanol–water partition coefficient (Wildman–Crippen LogP) is 1.99. The van der Waals surface area contributed by atoms with Crippen molar-refractivity contribution >= 4 is 23.1 Å².